The summed E-state index contributed by atoms with van der Waals surface area (Å²) < 4.78 is 10.4. The molecule has 1 N–H and O–H groups in total. The highest BCUT2D eigenvalue weighted by atomic mass is 16.7. The van der Waals surface area contributed by atoms with Crippen LogP contribution in [0, 0.1) is 0 Å². The van der Waals surface area contributed by atoms with E-state index < -0.39 is 11.9 Å². The number of carbonyl (C=O) groups excluding carboxylic acids is 2. The van der Waals surface area contributed by atoms with Gasteiger partial charge in [0.2, 0.25) is 0 Å². The van der Waals surface area contributed by atoms with Gasteiger partial charge in [0.05, 0.1) is 11.8 Å². The molecule has 0 spiro atoms. The Morgan fingerprint density at radius 1 is 1.18 bits per heavy atom. The zero-order chi connectivity index (χ0) is 16.2. The third-order valence-electron chi connectivity index (χ3n) is 3.01. The number of fused-ring (bicyclic) bond motifs is 1. The molecule has 0 bridgehead atoms. The van der Waals surface area contributed by atoms with Crippen LogP contribution in [-0.4, -0.2) is 24.3 Å². The van der Waals surface area contributed by atoms with Gasteiger partial charge in [-0.3, -0.25) is 10.1 Å². The Morgan fingerprint density at radius 3 is 2.55 bits per heavy atom. The maximum absolute atomic E-state index is 12.0. The Labute approximate surface area is 129 Å². The lowest BCUT2D eigenvalue weighted by atomic mass is 10.1. The number of hydrogen-bond acceptors (Lipinski definition) is 4. The number of anilines is 1. The van der Waals surface area contributed by atoms with E-state index in [9.17, 15) is 9.59 Å². The molecule has 0 aliphatic rings. The summed E-state index contributed by atoms with van der Waals surface area (Å²) in [6, 6.07) is 13.2. The lowest BCUT2D eigenvalue weighted by Gasteiger charge is -2.26. The van der Waals surface area contributed by atoms with Crippen molar-refractivity contribution in [3.05, 3.63) is 42.5 Å². The minimum atomic E-state index is -1.61. The summed E-state index contributed by atoms with van der Waals surface area (Å²) in [5.74, 6) is -1.61. The summed E-state index contributed by atoms with van der Waals surface area (Å²) in [7, 11) is 0. The molecule has 5 heteroatoms. The molecule has 0 aliphatic heterocycles. The van der Waals surface area contributed by atoms with Crippen molar-refractivity contribution in [2.45, 2.75) is 32.7 Å². The van der Waals surface area contributed by atoms with Gasteiger partial charge in [-0.15, -0.1) is 0 Å². The van der Waals surface area contributed by atoms with Crippen LogP contribution in [0.15, 0.2) is 42.5 Å². The van der Waals surface area contributed by atoms with Gasteiger partial charge in [-0.2, -0.15) is 0 Å². The van der Waals surface area contributed by atoms with Gasteiger partial charge in [-0.1, -0.05) is 36.4 Å². The topological polar surface area (TPSA) is 64.6 Å². The van der Waals surface area contributed by atoms with E-state index in [1.807, 2.05) is 36.4 Å². The first-order valence-electron chi connectivity index (χ1n) is 7.05. The summed E-state index contributed by atoms with van der Waals surface area (Å²) in [5, 5.41) is 4.53. The van der Waals surface area contributed by atoms with Crippen LogP contribution in [0.5, 0.6) is 0 Å². The molecule has 0 radical (unpaired) electrons. The fourth-order valence-electron chi connectivity index (χ4n) is 2.20. The van der Waals surface area contributed by atoms with Gasteiger partial charge < -0.3 is 9.47 Å². The van der Waals surface area contributed by atoms with E-state index in [1.54, 1.807) is 19.9 Å². The molecule has 5 nitrogen and oxygen atoms in total. The van der Waals surface area contributed by atoms with Crippen molar-refractivity contribution < 1.29 is 19.1 Å². The van der Waals surface area contributed by atoms with Crippen molar-refractivity contribution in [3.8, 4) is 0 Å². The number of rotatable bonds is 5. The number of nitrogens with one attached hydrogen (secondary N) is 1. The zero-order valence-corrected chi connectivity index (χ0v) is 12.8. The number of carbonyl (C=O) groups is 2. The van der Waals surface area contributed by atoms with E-state index in [0.717, 1.165) is 10.8 Å². The zero-order valence-electron chi connectivity index (χ0n) is 12.8. The Kier molecular flexibility index (Phi) is 4.78. The van der Waals surface area contributed by atoms with Crippen LogP contribution < -0.4 is 5.32 Å². The molecule has 0 saturated carbocycles. The molecule has 0 fully saturated rings. The van der Waals surface area contributed by atoms with Crippen molar-refractivity contribution in [2.75, 3.05) is 5.32 Å². The summed E-state index contributed by atoms with van der Waals surface area (Å²) in [5.41, 5.74) is 0.612. The second-order valence-corrected chi connectivity index (χ2v) is 5.34. The summed E-state index contributed by atoms with van der Waals surface area (Å²) in [4.78, 5) is 23.2. The van der Waals surface area contributed by atoms with Gasteiger partial charge in [0.1, 0.15) is 0 Å². The van der Waals surface area contributed by atoms with Crippen LogP contribution in [0.3, 0.4) is 0 Å². The lowest BCUT2D eigenvalue weighted by Crippen LogP contribution is -2.40. The normalized spacial score (nSPS) is 13.6. The fraction of sp³-hybridized carbons (Fsp3) is 0.294. The predicted molar refractivity (Wildman–Crippen MR) is 84.7 cm³/mol. The fourth-order valence-corrected chi connectivity index (χ4v) is 2.20. The molecule has 0 heterocycles. The van der Waals surface area contributed by atoms with Gasteiger partial charge >= 0.3 is 6.09 Å². The molecule has 0 aliphatic carbocycles. The van der Waals surface area contributed by atoms with Gasteiger partial charge in [-0.05, 0) is 25.3 Å². The molecule has 0 aromatic heterocycles. The lowest BCUT2D eigenvalue weighted by molar-refractivity contribution is -0.196. The van der Waals surface area contributed by atoms with Crippen LogP contribution in [0.4, 0.5) is 10.5 Å². The first-order valence-corrected chi connectivity index (χ1v) is 7.05. The number of hydrogen-bond donors (Lipinski definition) is 1. The van der Waals surface area contributed by atoms with Gasteiger partial charge in [-0.25, -0.2) is 4.79 Å². The molecule has 0 saturated heterocycles. The van der Waals surface area contributed by atoms with E-state index in [4.69, 9.17) is 9.47 Å². The van der Waals surface area contributed by atoms with E-state index in [0.29, 0.717) is 12.0 Å². The Hall–Kier alpha value is -2.40. The molecule has 1 unspecified atom stereocenters. The Bertz CT molecular complexity index is 678. The molecule has 1 amide bonds. The monoisotopic (exact) mass is 301 g/mol. The van der Waals surface area contributed by atoms with Crippen LogP contribution in [-0.2, 0) is 14.3 Å². The van der Waals surface area contributed by atoms with Crippen LogP contribution in [0.2, 0.25) is 0 Å². The smallest absolute Gasteiger partial charge is 0.410 e. The molecule has 2 rings (SSSR count). The second-order valence-electron chi connectivity index (χ2n) is 5.34. The maximum atomic E-state index is 12.0. The third kappa shape index (κ3) is 3.83. The van der Waals surface area contributed by atoms with Crippen molar-refractivity contribution in [2.24, 2.45) is 0 Å². The number of ether oxygens (including phenoxy) is 2. The van der Waals surface area contributed by atoms with E-state index in [1.165, 1.54) is 6.92 Å². The van der Waals surface area contributed by atoms with Crippen LogP contribution in [0.1, 0.15) is 20.8 Å². The highest BCUT2D eigenvalue weighted by Gasteiger charge is 2.30. The van der Waals surface area contributed by atoms with Gasteiger partial charge in [0.25, 0.3) is 5.79 Å². The largest absolute Gasteiger partial charge is 0.414 e. The molecule has 2 aromatic carbocycles. The highest BCUT2D eigenvalue weighted by molar-refractivity contribution is 6.00. The second kappa shape index (κ2) is 6.58. The van der Waals surface area contributed by atoms with Crippen molar-refractivity contribution in [3.63, 3.8) is 0 Å². The molecule has 2 aromatic rings. The first kappa shape index (κ1) is 16.0. The van der Waals surface area contributed by atoms with E-state index >= 15 is 0 Å². The van der Waals surface area contributed by atoms with Crippen LogP contribution in [0.25, 0.3) is 10.8 Å². The highest BCUT2D eigenvalue weighted by Crippen LogP contribution is 2.23. The van der Waals surface area contributed by atoms with E-state index in [-0.39, 0.29) is 6.10 Å². The Morgan fingerprint density at radius 2 is 1.86 bits per heavy atom. The minimum Gasteiger partial charge on any atom is -0.410 e. The number of aldehydes is 1. The molecule has 1 atom stereocenters. The molecule has 22 heavy (non-hydrogen) atoms. The molecule has 116 valence electrons. The number of amides is 1. The van der Waals surface area contributed by atoms with Gasteiger partial charge in [0, 0.05) is 12.3 Å². The van der Waals surface area contributed by atoms with E-state index in [2.05, 4.69) is 5.32 Å². The maximum Gasteiger partial charge on any atom is 0.414 e. The third-order valence-corrected chi connectivity index (χ3v) is 3.01. The number of benzene rings is 2. The van der Waals surface area contributed by atoms with Crippen molar-refractivity contribution in [1.29, 1.82) is 0 Å². The average Bonchev–Trinajstić information content (AvgIpc) is 2.46. The van der Waals surface area contributed by atoms with Crippen molar-refractivity contribution >= 4 is 28.8 Å². The summed E-state index contributed by atoms with van der Waals surface area (Å²) in [6.07, 6.45) is -0.525. The summed E-state index contributed by atoms with van der Waals surface area (Å²) in [6.45, 7) is 4.92. The minimum absolute atomic E-state index is 0.249. The first-order chi connectivity index (χ1) is 10.4. The average molecular weight is 301 g/mol. The standard InChI is InChI=1S/C17H19NO4/c1-12(2)21-17(3,11-19)22-16(20)18-15-10-6-8-13-7-4-5-9-14(13)15/h4-12H,1-3H3,(H,18,20). The predicted octanol–water partition coefficient (Wildman–Crippen LogP) is 3.73. The Balaban J connectivity index is 2.15. The molecular formula is C17H19NO4. The SMILES string of the molecule is CC(C)OC(C)(C=O)OC(=O)Nc1cccc2ccccc12. The van der Waals surface area contributed by atoms with Crippen molar-refractivity contribution in [1.82, 2.24) is 0 Å². The quantitative estimate of drug-likeness (QED) is 0.675. The summed E-state index contributed by atoms with van der Waals surface area (Å²) >= 11 is 0. The molecular weight excluding hydrogens is 282 g/mol. The van der Waals surface area contributed by atoms with Gasteiger partial charge in [0.15, 0.2) is 6.29 Å². The van der Waals surface area contributed by atoms with Crippen LogP contribution >= 0.6 is 0 Å².